The molecule has 0 aliphatic carbocycles. The van der Waals surface area contributed by atoms with Crippen LogP contribution in [0.1, 0.15) is 42.1 Å². The SMILES string of the molecule is CCc1ccc(C(NC)c2cc(F)cc(F)c2)cc1CC. The van der Waals surface area contributed by atoms with Crippen LogP contribution >= 0.6 is 0 Å². The Morgan fingerprint density at radius 1 is 0.857 bits per heavy atom. The normalized spacial score (nSPS) is 12.4. The molecule has 1 atom stereocenters. The van der Waals surface area contributed by atoms with Crippen LogP contribution in [0.25, 0.3) is 0 Å². The van der Waals surface area contributed by atoms with Crippen molar-refractivity contribution in [3.8, 4) is 0 Å². The Morgan fingerprint density at radius 2 is 1.48 bits per heavy atom. The van der Waals surface area contributed by atoms with Crippen LogP contribution in [0.15, 0.2) is 36.4 Å². The van der Waals surface area contributed by atoms with Gasteiger partial charge in [-0.1, -0.05) is 32.0 Å². The Labute approximate surface area is 125 Å². The molecule has 1 N–H and O–H groups in total. The van der Waals surface area contributed by atoms with Gasteiger partial charge in [-0.25, -0.2) is 8.78 Å². The van der Waals surface area contributed by atoms with Crippen LogP contribution in [0.5, 0.6) is 0 Å². The first kappa shape index (κ1) is 15.6. The quantitative estimate of drug-likeness (QED) is 0.860. The largest absolute Gasteiger partial charge is 0.309 e. The number of nitrogens with one attached hydrogen (secondary N) is 1. The monoisotopic (exact) mass is 289 g/mol. The lowest BCUT2D eigenvalue weighted by molar-refractivity contribution is 0.571. The van der Waals surface area contributed by atoms with Crippen molar-refractivity contribution in [2.24, 2.45) is 0 Å². The van der Waals surface area contributed by atoms with Gasteiger partial charge < -0.3 is 5.32 Å². The number of halogens is 2. The zero-order valence-corrected chi connectivity index (χ0v) is 12.7. The summed E-state index contributed by atoms with van der Waals surface area (Å²) in [5, 5.41) is 3.14. The van der Waals surface area contributed by atoms with Crippen LogP contribution in [0.4, 0.5) is 8.78 Å². The molecular formula is C18H21F2N. The van der Waals surface area contributed by atoms with Gasteiger partial charge in [0.15, 0.2) is 0 Å². The summed E-state index contributed by atoms with van der Waals surface area (Å²) in [4.78, 5) is 0. The summed E-state index contributed by atoms with van der Waals surface area (Å²) in [6.45, 7) is 4.25. The number of hydrogen-bond donors (Lipinski definition) is 1. The Balaban J connectivity index is 2.45. The van der Waals surface area contributed by atoms with Gasteiger partial charge in [-0.15, -0.1) is 0 Å². The van der Waals surface area contributed by atoms with Gasteiger partial charge in [-0.2, -0.15) is 0 Å². The average Bonchev–Trinajstić information content (AvgIpc) is 2.46. The van der Waals surface area contributed by atoms with Crippen LogP contribution in [-0.4, -0.2) is 7.05 Å². The molecule has 0 radical (unpaired) electrons. The molecule has 0 amide bonds. The van der Waals surface area contributed by atoms with E-state index >= 15 is 0 Å². The molecule has 1 unspecified atom stereocenters. The Kier molecular flexibility index (Phi) is 5.07. The van der Waals surface area contributed by atoms with Crippen molar-refractivity contribution in [1.82, 2.24) is 5.32 Å². The van der Waals surface area contributed by atoms with Gasteiger partial charge in [0.1, 0.15) is 11.6 Å². The first-order chi connectivity index (χ1) is 10.1. The summed E-state index contributed by atoms with van der Waals surface area (Å²) < 4.78 is 26.9. The summed E-state index contributed by atoms with van der Waals surface area (Å²) >= 11 is 0. The Bertz CT molecular complexity index is 602. The Hall–Kier alpha value is -1.74. The predicted molar refractivity (Wildman–Crippen MR) is 82.5 cm³/mol. The molecule has 0 bridgehead atoms. The maximum Gasteiger partial charge on any atom is 0.126 e. The van der Waals surface area contributed by atoms with Crippen LogP contribution in [0, 0.1) is 11.6 Å². The summed E-state index contributed by atoms with van der Waals surface area (Å²) in [7, 11) is 1.80. The first-order valence-corrected chi connectivity index (χ1v) is 7.34. The maximum atomic E-state index is 13.4. The van der Waals surface area contributed by atoms with Gasteiger partial charge in [0.05, 0.1) is 6.04 Å². The third-order valence-corrected chi connectivity index (χ3v) is 3.83. The predicted octanol–water partition coefficient (Wildman–Crippen LogP) is 4.40. The van der Waals surface area contributed by atoms with Crippen molar-refractivity contribution in [1.29, 1.82) is 0 Å². The molecule has 0 heterocycles. The molecule has 0 aliphatic heterocycles. The second-order valence-corrected chi connectivity index (χ2v) is 5.16. The van der Waals surface area contributed by atoms with Crippen molar-refractivity contribution < 1.29 is 8.78 Å². The minimum absolute atomic E-state index is 0.216. The minimum Gasteiger partial charge on any atom is -0.309 e. The van der Waals surface area contributed by atoms with Crippen LogP contribution in [0.2, 0.25) is 0 Å². The lowest BCUT2D eigenvalue weighted by Crippen LogP contribution is -2.18. The average molecular weight is 289 g/mol. The van der Waals surface area contributed by atoms with E-state index < -0.39 is 11.6 Å². The van der Waals surface area contributed by atoms with Gasteiger partial charge >= 0.3 is 0 Å². The van der Waals surface area contributed by atoms with Crippen molar-refractivity contribution in [3.05, 3.63) is 70.3 Å². The molecule has 0 aromatic heterocycles. The summed E-state index contributed by atoms with van der Waals surface area (Å²) in [5.74, 6) is -1.10. The summed E-state index contributed by atoms with van der Waals surface area (Å²) in [6.07, 6.45) is 1.94. The fraction of sp³-hybridized carbons (Fsp3) is 0.333. The molecule has 2 aromatic rings. The molecule has 3 heteroatoms. The van der Waals surface area contributed by atoms with Crippen molar-refractivity contribution >= 4 is 0 Å². The van der Waals surface area contributed by atoms with Crippen molar-refractivity contribution in [3.63, 3.8) is 0 Å². The highest BCUT2D eigenvalue weighted by atomic mass is 19.1. The van der Waals surface area contributed by atoms with E-state index in [0.717, 1.165) is 24.5 Å². The summed E-state index contributed by atoms with van der Waals surface area (Å²) in [6, 6.07) is 9.70. The number of aryl methyl sites for hydroxylation is 2. The number of hydrogen-bond acceptors (Lipinski definition) is 1. The zero-order valence-electron chi connectivity index (χ0n) is 12.7. The molecule has 0 saturated heterocycles. The lowest BCUT2D eigenvalue weighted by Gasteiger charge is -2.19. The van der Waals surface area contributed by atoms with Crippen LogP contribution in [-0.2, 0) is 12.8 Å². The van der Waals surface area contributed by atoms with Crippen molar-refractivity contribution in [2.75, 3.05) is 7.05 Å². The smallest absolute Gasteiger partial charge is 0.126 e. The number of benzene rings is 2. The second kappa shape index (κ2) is 6.81. The molecule has 2 aromatic carbocycles. The molecule has 21 heavy (non-hydrogen) atoms. The molecular weight excluding hydrogens is 268 g/mol. The molecule has 2 rings (SSSR count). The highest BCUT2D eigenvalue weighted by Gasteiger charge is 2.15. The highest BCUT2D eigenvalue weighted by Crippen LogP contribution is 2.26. The third-order valence-electron chi connectivity index (χ3n) is 3.83. The van der Waals surface area contributed by atoms with Gasteiger partial charge in [0, 0.05) is 6.07 Å². The van der Waals surface area contributed by atoms with Gasteiger partial charge in [0.2, 0.25) is 0 Å². The van der Waals surface area contributed by atoms with Gasteiger partial charge in [-0.3, -0.25) is 0 Å². The van der Waals surface area contributed by atoms with E-state index in [-0.39, 0.29) is 6.04 Å². The highest BCUT2D eigenvalue weighted by molar-refractivity contribution is 5.38. The van der Waals surface area contributed by atoms with E-state index in [1.165, 1.54) is 23.3 Å². The molecule has 0 fully saturated rings. The molecule has 0 spiro atoms. The summed E-state index contributed by atoms with van der Waals surface area (Å²) in [5.41, 5.74) is 4.23. The van der Waals surface area contributed by atoms with Crippen molar-refractivity contribution in [2.45, 2.75) is 32.7 Å². The van der Waals surface area contributed by atoms with Gasteiger partial charge in [-0.05, 0) is 54.3 Å². The molecule has 0 saturated carbocycles. The molecule has 0 aliphatic rings. The van der Waals surface area contributed by atoms with E-state index in [0.29, 0.717) is 5.56 Å². The maximum absolute atomic E-state index is 13.4. The second-order valence-electron chi connectivity index (χ2n) is 5.16. The zero-order chi connectivity index (χ0) is 15.4. The van der Waals surface area contributed by atoms with Crippen LogP contribution < -0.4 is 5.32 Å². The van der Waals surface area contributed by atoms with Crippen LogP contribution in [0.3, 0.4) is 0 Å². The standard InChI is InChI=1S/C18H21F2N/c1-4-12-6-7-14(8-13(12)5-2)18(21-3)15-9-16(19)11-17(20)10-15/h6-11,18,21H,4-5H2,1-3H3. The van der Waals surface area contributed by atoms with E-state index in [9.17, 15) is 8.78 Å². The molecule has 112 valence electrons. The third kappa shape index (κ3) is 3.48. The van der Waals surface area contributed by atoms with Gasteiger partial charge in [0.25, 0.3) is 0 Å². The van der Waals surface area contributed by atoms with E-state index in [2.05, 4.69) is 31.3 Å². The lowest BCUT2D eigenvalue weighted by atomic mass is 9.93. The van der Waals surface area contributed by atoms with E-state index in [4.69, 9.17) is 0 Å². The Morgan fingerprint density at radius 3 is 2.00 bits per heavy atom. The first-order valence-electron chi connectivity index (χ1n) is 7.34. The minimum atomic E-state index is -0.550. The molecule has 1 nitrogen and oxygen atoms in total. The number of rotatable bonds is 5. The fourth-order valence-corrected chi connectivity index (χ4v) is 2.77. The van der Waals surface area contributed by atoms with E-state index in [1.54, 1.807) is 7.05 Å². The topological polar surface area (TPSA) is 12.0 Å². The van der Waals surface area contributed by atoms with E-state index in [1.807, 2.05) is 6.07 Å². The fourth-order valence-electron chi connectivity index (χ4n) is 2.77.